The number of methoxy groups -OCH3 is 2. The first-order valence-electron chi connectivity index (χ1n) is 9.07. The Labute approximate surface area is 162 Å². The molecule has 2 aromatic rings. The largest absolute Gasteiger partial charge is 0.496 e. The van der Waals surface area contributed by atoms with E-state index in [4.69, 9.17) is 9.47 Å². The van der Waals surface area contributed by atoms with Gasteiger partial charge in [-0.1, -0.05) is 12.1 Å². The number of hydrogen-bond acceptors (Lipinski definition) is 4. The first kappa shape index (κ1) is 20.6. The highest BCUT2D eigenvalue weighted by atomic mass is 16.5. The van der Waals surface area contributed by atoms with E-state index in [1.165, 1.54) is 5.56 Å². The molecule has 146 valence electrons. The van der Waals surface area contributed by atoms with Crippen molar-refractivity contribution in [2.75, 3.05) is 27.8 Å². The fourth-order valence-electron chi connectivity index (χ4n) is 2.98. The molecule has 0 radical (unpaired) electrons. The van der Waals surface area contributed by atoms with Gasteiger partial charge in [0.25, 0.3) is 0 Å². The summed E-state index contributed by atoms with van der Waals surface area (Å²) in [5.74, 6) is 2.55. The van der Waals surface area contributed by atoms with E-state index in [9.17, 15) is 0 Å². The van der Waals surface area contributed by atoms with Gasteiger partial charge in [0.1, 0.15) is 11.5 Å². The van der Waals surface area contributed by atoms with Crippen LogP contribution in [-0.4, -0.2) is 38.8 Å². The van der Waals surface area contributed by atoms with E-state index in [1.807, 2.05) is 27.0 Å². The van der Waals surface area contributed by atoms with Gasteiger partial charge in [0.15, 0.2) is 5.96 Å². The predicted molar refractivity (Wildman–Crippen MR) is 110 cm³/mol. The Morgan fingerprint density at radius 2 is 1.85 bits per heavy atom. The second-order valence-corrected chi connectivity index (χ2v) is 6.45. The molecule has 1 aromatic heterocycles. The van der Waals surface area contributed by atoms with Crippen molar-refractivity contribution in [1.29, 1.82) is 0 Å². The van der Waals surface area contributed by atoms with Crippen molar-refractivity contribution in [2.45, 2.75) is 33.7 Å². The van der Waals surface area contributed by atoms with Gasteiger partial charge in [-0.25, -0.2) is 0 Å². The summed E-state index contributed by atoms with van der Waals surface area (Å²) in [5.41, 5.74) is 5.40. The van der Waals surface area contributed by atoms with Gasteiger partial charge in [-0.3, -0.25) is 9.98 Å². The molecule has 1 heterocycles. The number of aliphatic imine (C=N–C) groups is 1. The molecule has 2 rings (SSSR count). The number of pyridine rings is 1. The molecule has 2 N–H and O–H groups in total. The van der Waals surface area contributed by atoms with Crippen molar-refractivity contribution >= 4 is 5.96 Å². The first-order valence-corrected chi connectivity index (χ1v) is 9.07. The predicted octanol–water partition coefficient (Wildman–Crippen LogP) is 2.93. The van der Waals surface area contributed by atoms with Gasteiger partial charge >= 0.3 is 0 Å². The maximum atomic E-state index is 5.47. The van der Waals surface area contributed by atoms with Crippen molar-refractivity contribution in [2.24, 2.45) is 4.99 Å². The Bertz CT molecular complexity index is 803. The van der Waals surface area contributed by atoms with E-state index < -0.39 is 0 Å². The molecular formula is C21H30N4O2. The Kier molecular flexibility index (Phi) is 7.46. The minimum absolute atomic E-state index is 0.584. The Morgan fingerprint density at radius 3 is 2.52 bits per heavy atom. The number of aryl methyl sites for hydroxylation is 2. The third-order valence-corrected chi connectivity index (χ3v) is 4.58. The molecule has 0 unspecified atom stereocenters. The number of nitrogens with zero attached hydrogens (tertiary/aromatic N) is 2. The Hall–Kier alpha value is -2.76. The van der Waals surface area contributed by atoms with Crippen LogP contribution < -0.4 is 20.1 Å². The molecule has 0 atom stereocenters. The summed E-state index contributed by atoms with van der Waals surface area (Å²) in [6, 6.07) is 6.29. The zero-order valence-corrected chi connectivity index (χ0v) is 17.1. The third kappa shape index (κ3) is 5.36. The van der Waals surface area contributed by atoms with Gasteiger partial charge in [0, 0.05) is 30.9 Å². The smallest absolute Gasteiger partial charge is 0.191 e. The fourth-order valence-corrected chi connectivity index (χ4v) is 2.98. The topological polar surface area (TPSA) is 67.8 Å². The van der Waals surface area contributed by atoms with Crippen LogP contribution in [0.15, 0.2) is 29.4 Å². The van der Waals surface area contributed by atoms with Gasteiger partial charge in [-0.2, -0.15) is 0 Å². The zero-order chi connectivity index (χ0) is 19.8. The van der Waals surface area contributed by atoms with Gasteiger partial charge in [-0.05, 0) is 44.4 Å². The number of hydrogen-bond donors (Lipinski definition) is 2. The third-order valence-electron chi connectivity index (χ3n) is 4.58. The molecule has 0 saturated heterocycles. The molecule has 0 fully saturated rings. The molecule has 0 amide bonds. The maximum Gasteiger partial charge on any atom is 0.191 e. The zero-order valence-electron chi connectivity index (χ0n) is 17.1. The second kappa shape index (κ2) is 9.80. The lowest BCUT2D eigenvalue weighted by atomic mass is 10.1. The van der Waals surface area contributed by atoms with Crippen LogP contribution >= 0.6 is 0 Å². The molecule has 6 nitrogen and oxygen atoms in total. The minimum Gasteiger partial charge on any atom is -0.496 e. The average molecular weight is 370 g/mol. The molecule has 0 aliphatic heterocycles. The monoisotopic (exact) mass is 370 g/mol. The molecule has 0 aliphatic carbocycles. The summed E-state index contributed by atoms with van der Waals surface area (Å²) < 4.78 is 10.9. The van der Waals surface area contributed by atoms with Crippen LogP contribution in [0.4, 0.5) is 0 Å². The minimum atomic E-state index is 0.584. The van der Waals surface area contributed by atoms with E-state index in [1.54, 1.807) is 21.3 Å². The van der Waals surface area contributed by atoms with Crippen LogP contribution in [-0.2, 0) is 13.0 Å². The molecule has 0 saturated carbocycles. The highest BCUT2D eigenvalue weighted by molar-refractivity contribution is 5.79. The molecule has 0 aliphatic rings. The van der Waals surface area contributed by atoms with Gasteiger partial charge in [0.05, 0.1) is 26.5 Å². The number of rotatable bonds is 7. The second-order valence-electron chi connectivity index (χ2n) is 6.45. The van der Waals surface area contributed by atoms with E-state index in [0.717, 1.165) is 52.8 Å². The van der Waals surface area contributed by atoms with Crippen molar-refractivity contribution in [1.82, 2.24) is 15.6 Å². The normalized spacial score (nSPS) is 11.3. The van der Waals surface area contributed by atoms with Crippen molar-refractivity contribution in [3.05, 3.63) is 52.3 Å². The van der Waals surface area contributed by atoms with E-state index in [2.05, 4.69) is 38.8 Å². The van der Waals surface area contributed by atoms with Crippen LogP contribution in [0, 0.1) is 20.8 Å². The lowest BCUT2D eigenvalue weighted by Gasteiger charge is -2.15. The van der Waals surface area contributed by atoms with Crippen LogP contribution in [0.25, 0.3) is 0 Å². The van der Waals surface area contributed by atoms with Crippen LogP contribution in [0.1, 0.15) is 27.9 Å². The summed E-state index contributed by atoms with van der Waals surface area (Å²) in [6.45, 7) is 7.42. The number of guanidine groups is 1. The Morgan fingerprint density at radius 1 is 1.07 bits per heavy atom. The number of aromatic nitrogens is 1. The first-order chi connectivity index (χ1) is 13.0. The maximum absolute atomic E-state index is 5.47. The van der Waals surface area contributed by atoms with Gasteiger partial charge < -0.3 is 20.1 Å². The molecular weight excluding hydrogens is 340 g/mol. The lowest BCUT2D eigenvalue weighted by Crippen LogP contribution is -2.38. The summed E-state index contributed by atoms with van der Waals surface area (Å²) in [6.07, 6.45) is 2.72. The number of benzene rings is 1. The van der Waals surface area contributed by atoms with E-state index in [-0.39, 0.29) is 0 Å². The summed E-state index contributed by atoms with van der Waals surface area (Å²) >= 11 is 0. The van der Waals surface area contributed by atoms with Crippen molar-refractivity contribution in [3.8, 4) is 11.5 Å². The van der Waals surface area contributed by atoms with Crippen LogP contribution in [0.2, 0.25) is 0 Å². The summed E-state index contributed by atoms with van der Waals surface area (Å²) in [7, 11) is 5.15. The Balaban J connectivity index is 1.90. The standard InChI is InChI=1S/C21H30N4O2/c1-14-7-8-17(11-19(14)26-5)9-10-23-21(22-4)25-13-18-16(3)20(27-6)15(2)12-24-18/h7-8,11-12H,9-10,13H2,1-6H3,(H2,22,23,25). The summed E-state index contributed by atoms with van der Waals surface area (Å²) in [4.78, 5) is 8.79. The van der Waals surface area contributed by atoms with Crippen LogP contribution in [0.3, 0.4) is 0 Å². The lowest BCUT2D eigenvalue weighted by molar-refractivity contribution is 0.406. The number of nitrogens with one attached hydrogen (secondary N) is 2. The highest BCUT2D eigenvalue weighted by Crippen LogP contribution is 2.23. The van der Waals surface area contributed by atoms with E-state index in [0.29, 0.717) is 6.54 Å². The van der Waals surface area contributed by atoms with Gasteiger partial charge in [-0.15, -0.1) is 0 Å². The molecule has 1 aromatic carbocycles. The van der Waals surface area contributed by atoms with E-state index >= 15 is 0 Å². The molecule has 27 heavy (non-hydrogen) atoms. The number of ether oxygens (including phenoxy) is 2. The van der Waals surface area contributed by atoms with Gasteiger partial charge in [0.2, 0.25) is 0 Å². The molecule has 6 heteroatoms. The van der Waals surface area contributed by atoms with Crippen LogP contribution in [0.5, 0.6) is 11.5 Å². The molecule has 0 spiro atoms. The molecule has 0 bridgehead atoms. The average Bonchev–Trinajstić information content (AvgIpc) is 2.67. The quantitative estimate of drug-likeness (QED) is 0.579. The SMILES string of the molecule is CN=C(NCCc1ccc(C)c(OC)c1)NCc1ncc(C)c(OC)c1C. The fraction of sp³-hybridized carbons (Fsp3) is 0.429. The highest BCUT2D eigenvalue weighted by Gasteiger charge is 2.10. The van der Waals surface area contributed by atoms with Crippen molar-refractivity contribution in [3.63, 3.8) is 0 Å². The summed E-state index contributed by atoms with van der Waals surface area (Å²) in [5, 5.41) is 6.65. The van der Waals surface area contributed by atoms with Crippen molar-refractivity contribution < 1.29 is 9.47 Å².